The normalized spacial score (nSPS) is 21.9. The Kier molecular flexibility index (Phi) is 3.33. The highest BCUT2D eigenvalue weighted by Crippen LogP contribution is 2.34. The van der Waals surface area contributed by atoms with Crippen molar-refractivity contribution < 1.29 is 5.11 Å². The van der Waals surface area contributed by atoms with Crippen LogP contribution in [0.3, 0.4) is 0 Å². The summed E-state index contributed by atoms with van der Waals surface area (Å²) >= 11 is 0. The van der Waals surface area contributed by atoms with E-state index in [4.69, 9.17) is 0 Å². The largest absolute Gasteiger partial charge is 0.389 e. The Labute approximate surface area is 97.5 Å². The number of rotatable bonds is 3. The Morgan fingerprint density at radius 2 is 2.12 bits per heavy atom. The van der Waals surface area contributed by atoms with Crippen LogP contribution in [0, 0.1) is 5.92 Å². The summed E-state index contributed by atoms with van der Waals surface area (Å²) in [6, 6.07) is 0. The molecule has 3 nitrogen and oxygen atoms in total. The summed E-state index contributed by atoms with van der Waals surface area (Å²) in [5.41, 5.74) is -0.598. The molecule has 16 heavy (non-hydrogen) atoms. The van der Waals surface area contributed by atoms with E-state index in [0.717, 1.165) is 18.7 Å². The van der Waals surface area contributed by atoms with E-state index in [2.05, 4.69) is 4.98 Å². The van der Waals surface area contributed by atoms with Gasteiger partial charge in [-0.1, -0.05) is 19.3 Å². The summed E-state index contributed by atoms with van der Waals surface area (Å²) in [5.74, 6) is 1.42. The molecule has 0 saturated heterocycles. The Balaban J connectivity index is 2.04. The predicted octanol–water partition coefficient (Wildman–Crippen LogP) is 2.29. The van der Waals surface area contributed by atoms with Gasteiger partial charge in [0.2, 0.25) is 0 Å². The van der Waals surface area contributed by atoms with Gasteiger partial charge in [0.05, 0.1) is 5.60 Å². The fourth-order valence-corrected chi connectivity index (χ4v) is 2.76. The molecule has 0 bridgehead atoms. The lowest BCUT2D eigenvalue weighted by Gasteiger charge is -2.35. The third-order valence-corrected chi connectivity index (χ3v) is 3.92. The lowest BCUT2D eigenvalue weighted by Crippen LogP contribution is -2.38. The quantitative estimate of drug-likeness (QED) is 0.852. The molecule has 2 rings (SSSR count). The third kappa shape index (κ3) is 2.46. The highest BCUT2D eigenvalue weighted by atomic mass is 16.3. The zero-order valence-corrected chi connectivity index (χ0v) is 10.3. The SMILES string of the molecule is Cn1ccnc1CC(C)(O)C1CCCCC1. The average molecular weight is 222 g/mol. The van der Waals surface area contributed by atoms with Crippen molar-refractivity contribution in [3.63, 3.8) is 0 Å². The topological polar surface area (TPSA) is 38.0 Å². The van der Waals surface area contributed by atoms with Gasteiger partial charge in [0.25, 0.3) is 0 Å². The zero-order valence-electron chi connectivity index (χ0n) is 10.3. The molecule has 0 aromatic carbocycles. The molecule has 1 saturated carbocycles. The van der Waals surface area contributed by atoms with E-state index >= 15 is 0 Å². The second-order valence-electron chi connectivity index (χ2n) is 5.32. The van der Waals surface area contributed by atoms with E-state index in [9.17, 15) is 5.11 Å². The highest BCUT2D eigenvalue weighted by Gasteiger charge is 2.33. The van der Waals surface area contributed by atoms with Crippen molar-refractivity contribution >= 4 is 0 Å². The van der Waals surface area contributed by atoms with Gasteiger partial charge in [-0.3, -0.25) is 0 Å². The molecule has 0 radical (unpaired) electrons. The molecule has 3 heteroatoms. The first kappa shape index (κ1) is 11.6. The molecular formula is C13H22N2O. The first-order chi connectivity index (χ1) is 7.59. The molecule has 1 heterocycles. The summed E-state index contributed by atoms with van der Waals surface area (Å²) in [6.45, 7) is 1.97. The monoisotopic (exact) mass is 222 g/mol. The molecule has 1 N–H and O–H groups in total. The lowest BCUT2D eigenvalue weighted by atomic mass is 9.76. The maximum Gasteiger partial charge on any atom is 0.111 e. The van der Waals surface area contributed by atoms with E-state index in [1.54, 1.807) is 6.20 Å². The van der Waals surface area contributed by atoms with E-state index in [1.165, 1.54) is 19.3 Å². The van der Waals surface area contributed by atoms with Crippen LogP contribution in [0.15, 0.2) is 12.4 Å². The minimum Gasteiger partial charge on any atom is -0.389 e. The van der Waals surface area contributed by atoms with Crippen LogP contribution in [-0.4, -0.2) is 20.3 Å². The van der Waals surface area contributed by atoms with Crippen LogP contribution in [0.25, 0.3) is 0 Å². The Morgan fingerprint density at radius 1 is 1.44 bits per heavy atom. The molecule has 1 aromatic heterocycles. The number of hydrogen-bond acceptors (Lipinski definition) is 2. The molecule has 1 aliphatic rings. The van der Waals surface area contributed by atoms with Crippen LogP contribution in [0.4, 0.5) is 0 Å². The average Bonchev–Trinajstić information content (AvgIpc) is 2.65. The van der Waals surface area contributed by atoms with E-state index in [-0.39, 0.29) is 0 Å². The van der Waals surface area contributed by atoms with Crippen LogP contribution < -0.4 is 0 Å². The van der Waals surface area contributed by atoms with Gasteiger partial charge in [-0.15, -0.1) is 0 Å². The van der Waals surface area contributed by atoms with Crippen molar-refractivity contribution in [3.8, 4) is 0 Å². The van der Waals surface area contributed by atoms with Crippen molar-refractivity contribution in [2.75, 3.05) is 0 Å². The predicted molar refractivity (Wildman–Crippen MR) is 64.1 cm³/mol. The minimum atomic E-state index is -0.598. The van der Waals surface area contributed by atoms with Gasteiger partial charge in [0, 0.05) is 25.9 Å². The molecule has 1 aromatic rings. The van der Waals surface area contributed by atoms with Gasteiger partial charge >= 0.3 is 0 Å². The number of hydrogen-bond donors (Lipinski definition) is 1. The summed E-state index contributed by atoms with van der Waals surface area (Å²) in [4.78, 5) is 4.30. The summed E-state index contributed by atoms with van der Waals surface area (Å²) in [5, 5.41) is 10.6. The second kappa shape index (κ2) is 4.58. The van der Waals surface area contributed by atoms with Crippen LogP contribution in [-0.2, 0) is 13.5 Å². The molecular weight excluding hydrogens is 200 g/mol. The van der Waals surface area contributed by atoms with Gasteiger partial charge in [0.15, 0.2) is 0 Å². The molecule has 0 spiro atoms. The van der Waals surface area contributed by atoms with Crippen LogP contribution in [0.1, 0.15) is 44.9 Å². The standard InChI is InChI=1S/C13H22N2O/c1-13(16,11-6-4-3-5-7-11)10-12-14-8-9-15(12)2/h8-9,11,16H,3-7,10H2,1-2H3. The fourth-order valence-electron chi connectivity index (χ4n) is 2.76. The van der Waals surface area contributed by atoms with Crippen LogP contribution in [0.2, 0.25) is 0 Å². The number of aliphatic hydroxyl groups is 1. The molecule has 0 amide bonds. The summed E-state index contributed by atoms with van der Waals surface area (Å²) in [6.07, 6.45) is 10.6. The minimum absolute atomic E-state index is 0.443. The van der Waals surface area contributed by atoms with Gasteiger partial charge in [0.1, 0.15) is 5.82 Å². The number of imidazole rings is 1. The number of nitrogens with zero attached hydrogens (tertiary/aromatic N) is 2. The zero-order chi connectivity index (χ0) is 11.6. The molecule has 90 valence electrons. The summed E-state index contributed by atoms with van der Waals surface area (Å²) in [7, 11) is 1.99. The Morgan fingerprint density at radius 3 is 2.69 bits per heavy atom. The van der Waals surface area contributed by atoms with Crippen LogP contribution >= 0.6 is 0 Å². The van der Waals surface area contributed by atoms with Crippen molar-refractivity contribution in [2.24, 2.45) is 13.0 Å². The highest BCUT2D eigenvalue weighted by molar-refractivity contribution is 4.99. The number of aromatic nitrogens is 2. The van der Waals surface area contributed by atoms with Gasteiger partial charge < -0.3 is 9.67 Å². The third-order valence-electron chi connectivity index (χ3n) is 3.92. The van der Waals surface area contributed by atoms with Crippen molar-refractivity contribution in [1.29, 1.82) is 0 Å². The molecule has 1 aliphatic carbocycles. The van der Waals surface area contributed by atoms with E-state index in [0.29, 0.717) is 12.3 Å². The maximum absolute atomic E-state index is 10.6. The number of aryl methyl sites for hydroxylation is 1. The Hall–Kier alpha value is -0.830. The van der Waals surface area contributed by atoms with E-state index < -0.39 is 5.60 Å². The van der Waals surface area contributed by atoms with Crippen molar-refractivity contribution in [1.82, 2.24) is 9.55 Å². The molecule has 0 aliphatic heterocycles. The van der Waals surface area contributed by atoms with Gasteiger partial charge in [-0.2, -0.15) is 0 Å². The van der Waals surface area contributed by atoms with E-state index in [1.807, 2.05) is 24.7 Å². The molecule has 1 atom stereocenters. The summed E-state index contributed by atoms with van der Waals surface area (Å²) < 4.78 is 2.00. The smallest absolute Gasteiger partial charge is 0.111 e. The molecule has 1 unspecified atom stereocenters. The first-order valence-electron chi connectivity index (χ1n) is 6.28. The lowest BCUT2D eigenvalue weighted by molar-refractivity contribution is -0.0179. The van der Waals surface area contributed by atoms with Gasteiger partial charge in [-0.05, 0) is 25.7 Å². The Bertz CT molecular complexity index is 337. The van der Waals surface area contributed by atoms with Crippen molar-refractivity contribution in [2.45, 2.75) is 51.0 Å². The van der Waals surface area contributed by atoms with Crippen molar-refractivity contribution in [3.05, 3.63) is 18.2 Å². The maximum atomic E-state index is 10.6. The van der Waals surface area contributed by atoms with Gasteiger partial charge in [-0.25, -0.2) is 4.98 Å². The second-order valence-corrected chi connectivity index (χ2v) is 5.32. The van der Waals surface area contributed by atoms with Crippen LogP contribution in [0.5, 0.6) is 0 Å². The first-order valence-corrected chi connectivity index (χ1v) is 6.28. The fraction of sp³-hybridized carbons (Fsp3) is 0.769. The molecule has 1 fully saturated rings.